The molecule has 2 N–H and O–H groups in total. The predicted octanol–water partition coefficient (Wildman–Crippen LogP) is 3.74. The van der Waals surface area contributed by atoms with E-state index in [1.807, 2.05) is 0 Å². The minimum Gasteiger partial charge on any atom is -0.455 e. The molecule has 0 bridgehead atoms. The first-order valence-corrected chi connectivity index (χ1v) is 8.82. The van der Waals surface area contributed by atoms with Gasteiger partial charge in [-0.1, -0.05) is 41.4 Å². The lowest BCUT2D eigenvalue weighted by molar-refractivity contribution is -0.148. The van der Waals surface area contributed by atoms with Crippen LogP contribution in [0.5, 0.6) is 0 Å². The lowest BCUT2D eigenvalue weighted by atomic mass is 10.0. The molecule has 2 aromatic carbocycles. The van der Waals surface area contributed by atoms with Crippen molar-refractivity contribution < 1.29 is 19.1 Å². The Morgan fingerprint density at radius 3 is 2.37 bits per heavy atom. The van der Waals surface area contributed by atoms with E-state index in [1.165, 1.54) is 6.92 Å². The van der Waals surface area contributed by atoms with Crippen LogP contribution in [-0.4, -0.2) is 24.4 Å². The summed E-state index contributed by atoms with van der Waals surface area (Å²) in [6.45, 7) is 0.908. The summed E-state index contributed by atoms with van der Waals surface area (Å²) in [5.74, 6) is -1.40. The topological polar surface area (TPSA) is 84.5 Å². The fourth-order valence-corrected chi connectivity index (χ4v) is 2.64. The standard InChI is InChI=1S/C19H18Cl2N2O4/c1-12(24)22-17(13-5-7-14(20)8-6-13)10-19(26)27-11-18(25)23-16-4-2-3-15(21)9-16/h2-9,17H,10-11H2,1H3,(H,22,24)(H,23,25). The maximum atomic E-state index is 12.1. The number of hydrogen-bond acceptors (Lipinski definition) is 4. The van der Waals surface area contributed by atoms with Crippen LogP contribution in [0.3, 0.4) is 0 Å². The number of anilines is 1. The van der Waals surface area contributed by atoms with Gasteiger partial charge in [0.15, 0.2) is 6.61 Å². The molecular weight excluding hydrogens is 391 g/mol. The van der Waals surface area contributed by atoms with E-state index in [0.717, 1.165) is 0 Å². The van der Waals surface area contributed by atoms with Crippen molar-refractivity contribution in [2.24, 2.45) is 0 Å². The lowest BCUT2D eigenvalue weighted by Gasteiger charge is -2.17. The van der Waals surface area contributed by atoms with Crippen LogP contribution in [0.4, 0.5) is 5.69 Å². The smallest absolute Gasteiger partial charge is 0.308 e. The van der Waals surface area contributed by atoms with Gasteiger partial charge in [-0.05, 0) is 35.9 Å². The fraction of sp³-hybridized carbons (Fsp3) is 0.211. The van der Waals surface area contributed by atoms with Gasteiger partial charge in [-0.15, -0.1) is 0 Å². The summed E-state index contributed by atoms with van der Waals surface area (Å²) < 4.78 is 5.00. The van der Waals surface area contributed by atoms with E-state index in [4.69, 9.17) is 27.9 Å². The minimum absolute atomic E-state index is 0.119. The van der Waals surface area contributed by atoms with Gasteiger partial charge in [0.1, 0.15) is 0 Å². The number of benzene rings is 2. The number of esters is 1. The molecule has 0 radical (unpaired) electrons. The minimum atomic E-state index is -0.620. The SMILES string of the molecule is CC(=O)NC(CC(=O)OCC(=O)Nc1cccc(Cl)c1)c1ccc(Cl)cc1. The number of hydrogen-bond donors (Lipinski definition) is 2. The average Bonchev–Trinajstić information content (AvgIpc) is 2.60. The Kier molecular flexibility index (Phi) is 7.64. The molecule has 1 unspecified atom stereocenters. The molecule has 0 saturated heterocycles. The second-order valence-electron chi connectivity index (χ2n) is 5.73. The molecular formula is C19H18Cl2N2O4. The van der Waals surface area contributed by atoms with E-state index in [0.29, 0.717) is 21.3 Å². The van der Waals surface area contributed by atoms with Crippen LogP contribution in [0.1, 0.15) is 24.9 Å². The largest absolute Gasteiger partial charge is 0.455 e. The molecule has 6 nitrogen and oxygen atoms in total. The maximum Gasteiger partial charge on any atom is 0.308 e. The highest BCUT2D eigenvalue weighted by molar-refractivity contribution is 6.31. The first kappa shape index (κ1) is 20.7. The summed E-state index contributed by atoms with van der Waals surface area (Å²) in [5.41, 5.74) is 1.20. The summed E-state index contributed by atoms with van der Waals surface area (Å²) >= 11 is 11.7. The van der Waals surface area contributed by atoms with Crippen LogP contribution in [0.2, 0.25) is 10.0 Å². The van der Waals surface area contributed by atoms with Crippen molar-refractivity contribution in [1.29, 1.82) is 0 Å². The molecule has 0 fully saturated rings. The molecule has 8 heteroatoms. The lowest BCUT2D eigenvalue weighted by Crippen LogP contribution is -2.29. The van der Waals surface area contributed by atoms with Crippen molar-refractivity contribution in [3.8, 4) is 0 Å². The highest BCUT2D eigenvalue weighted by Crippen LogP contribution is 2.20. The Balaban J connectivity index is 1.90. The van der Waals surface area contributed by atoms with Gasteiger partial charge in [-0.2, -0.15) is 0 Å². The Hall–Kier alpha value is -2.57. The molecule has 2 rings (SSSR count). The number of nitrogens with one attached hydrogen (secondary N) is 2. The number of ether oxygens (including phenoxy) is 1. The van der Waals surface area contributed by atoms with Crippen LogP contribution in [0.15, 0.2) is 48.5 Å². The molecule has 0 aliphatic carbocycles. The van der Waals surface area contributed by atoms with Gasteiger partial charge in [-0.3, -0.25) is 14.4 Å². The maximum absolute atomic E-state index is 12.1. The molecule has 2 aromatic rings. The van der Waals surface area contributed by atoms with Crippen molar-refractivity contribution in [2.45, 2.75) is 19.4 Å². The summed E-state index contributed by atoms with van der Waals surface area (Å²) in [7, 11) is 0. The van der Waals surface area contributed by atoms with Crippen molar-refractivity contribution in [2.75, 3.05) is 11.9 Å². The van der Waals surface area contributed by atoms with Crippen LogP contribution in [-0.2, 0) is 19.1 Å². The van der Waals surface area contributed by atoms with Crippen LogP contribution in [0.25, 0.3) is 0 Å². The van der Waals surface area contributed by atoms with Crippen LogP contribution < -0.4 is 10.6 Å². The summed E-state index contributed by atoms with van der Waals surface area (Å²) in [4.78, 5) is 35.4. The third kappa shape index (κ3) is 7.29. The first-order chi connectivity index (χ1) is 12.8. The average molecular weight is 409 g/mol. The molecule has 0 spiro atoms. The van der Waals surface area contributed by atoms with Gasteiger partial charge in [0.2, 0.25) is 5.91 Å². The van der Waals surface area contributed by atoms with Crippen molar-refractivity contribution in [3.63, 3.8) is 0 Å². The first-order valence-electron chi connectivity index (χ1n) is 8.07. The Morgan fingerprint density at radius 2 is 1.74 bits per heavy atom. The Morgan fingerprint density at radius 1 is 1.04 bits per heavy atom. The van der Waals surface area contributed by atoms with Crippen molar-refractivity contribution in [1.82, 2.24) is 5.32 Å². The molecule has 1 atom stereocenters. The third-order valence-electron chi connectivity index (χ3n) is 3.49. The quantitative estimate of drug-likeness (QED) is 0.683. The summed E-state index contributed by atoms with van der Waals surface area (Å²) in [6, 6.07) is 12.8. The normalized spacial score (nSPS) is 11.4. The summed E-state index contributed by atoms with van der Waals surface area (Å²) in [6.07, 6.45) is -0.119. The van der Waals surface area contributed by atoms with Crippen LogP contribution >= 0.6 is 23.2 Å². The van der Waals surface area contributed by atoms with Crippen molar-refractivity contribution >= 4 is 46.7 Å². The molecule has 0 aliphatic rings. The number of carbonyl (C=O) groups excluding carboxylic acids is 3. The summed E-state index contributed by atoms with van der Waals surface area (Å²) in [5, 5.41) is 6.28. The Bertz CT molecular complexity index is 825. The van der Waals surface area contributed by atoms with Gasteiger partial charge >= 0.3 is 5.97 Å². The number of carbonyl (C=O) groups is 3. The van der Waals surface area contributed by atoms with E-state index < -0.39 is 24.5 Å². The molecule has 142 valence electrons. The fourth-order valence-electron chi connectivity index (χ4n) is 2.33. The number of amides is 2. The van der Waals surface area contributed by atoms with Gasteiger partial charge in [0.25, 0.3) is 5.91 Å². The zero-order valence-corrected chi connectivity index (χ0v) is 16.0. The van der Waals surface area contributed by atoms with E-state index in [-0.39, 0.29) is 12.3 Å². The van der Waals surface area contributed by atoms with Gasteiger partial charge < -0.3 is 15.4 Å². The molecule has 0 heterocycles. The zero-order chi connectivity index (χ0) is 19.8. The van der Waals surface area contributed by atoms with Gasteiger partial charge in [-0.25, -0.2) is 0 Å². The molecule has 0 aromatic heterocycles. The number of halogens is 2. The van der Waals surface area contributed by atoms with Crippen LogP contribution in [0, 0.1) is 0 Å². The van der Waals surface area contributed by atoms with E-state index in [1.54, 1.807) is 48.5 Å². The second kappa shape index (κ2) is 9.94. The third-order valence-corrected chi connectivity index (χ3v) is 3.98. The van der Waals surface area contributed by atoms with Gasteiger partial charge in [0, 0.05) is 22.7 Å². The number of rotatable bonds is 7. The van der Waals surface area contributed by atoms with Gasteiger partial charge in [0.05, 0.1) is 12.5 Å². The molecule has 2 amide bonds. The van der Waals surface area contributed by atoms with E-state index in [2.05, 4.69) is 10.6 Å². The van der Waals surface area contributed by atoms with E-state index in [9.17, 15) is 14.4 Å². The highest BCUT2D eigenvalue weighted by atomic mass is 35.5. The predicted molar refractivity (Wildman–Crippen MR) is 104 cm³/mol. The molecule has 27 heavy (non-hydrogen) atoms. The molecule has 0 aliphatic heterocycles. The van der Waals surface area contributed by atoms with Crippen molar-refractivity contribution in [3.05, 3.63) is 64.1 Å². The molecule has 0 saturated carbocycles. The Labute approximate surface area is 166 Å². The monoisotopic (exact) mass is 408 g/mol. The zero-order valence-electron chi connectivity index (χ0n) is 14.5. The van der Waals surface area contributed by atoms with E-state index >= 15 is 0 Å². The highest BCUT2D eigenvalue weighted by Gasteiger charge is 2.19. The second-order valence-corrected chi connectivity index (χ2v) is 6.60.